The second kappa shape index (κ2) is 4.16. The number of hydrogen-bond acceptors (Lipinski definition) is 1. The number of alkyl halides is 3. The van der Waals surface area contributed by atoms with Crippen molar-refractivity contribution >= 4 is 12.4 Å². The number of halogens is 4. The van der Waals surface area contributed by atoms with E-state index in [4.69, 9.17) is 0 Å². The van der Waals surface area contributed by atoms with Crippen molar-refractivity contribution < 1.29 is 13.2 Å². The van der Waals surface area contributed by atoms with Crippen LogP contribution >= 0.6 is 12.4 Å². The van der Waals surface area contributed by atoms with E-state index in [1.54, 1.807) is 0 Å². The summed E-state index contributed by atoms with van der Waals surface area (Å²) in [5.41, 5.74) is 0. The highest BCUT2D eigenvalue weighted by Crippen LogP contribution is 2.29. The van der Waals surface area contributed by atoms with Crippen molar-refractivity contribution in [2.24, 2.45) is 5.92 Å². The third-order valence-corrected chi connectivity index (χ3v) is 1.81. The highest BCUT2D eigenvalue weighted by atomic mass is 35.5. The summed E-state index contributed by atoms with van der Waals surface area (Å²) in [5, 5.41) is 2.52. The standard InChI is InChI=1S/C6H10F3N.ClH/c7-3-5-1-2-10-4-6(5,8)9;/h5,10H,1-4H2;1H. The SMILES string of the molecule is Cl.FCC1CCNCC1(F)F. The molecule has 1 aliphatic heterocycles. The molecular weight excluding hydrogens is 179 g/mol. The van der Waals surface area contributed by atoms with Gasteiger partial charge < -0.3 is 5.32 Å². The van der Waals surface area contributed by atoms with Gasteiger partial charge in [0.2, 0.25) is 0 Å². The molecule has 0 radical (unpaired) electrons. The van der Waals surface area contributed by atoms with E-state index in [1.807, 2.05) is 0 Å². The van der Waals surface area contributed by atoms with Crippen LogP contribution in [0.2, 0.25) is 0 Å². The van der Waals surface area contributed by atoms with Crippen LogP contribution in [-0.2, 0) is 0 Å². The van der Waals surface area contributed by atoms with Crippen LogP contribution in [0, 0.1) is 5.92 Å². The van der Waals surface area contributed by atoms with Crippen molar-refractivity contribution in [1.29, 1.82) is 0 Å². The van der Waals surface area contributed by atoms with E-state index < -0.39 is 18.5 Å². The van der Waals surface area contributed by atoms with Crippen LogP contribution in [0.4, 0.5) is 13.2 Å². The number of hydrogen-bond donors (Lipinski definition) is 1. The fraction of sp³-hybridized carbons (Fsp3) is 1.00. The van der Waals surface area contributed by atoms with Crippen LogP contribution in [0.1, 0.15) is 6.42 Å². The number of piperidine rings is 1. The first-order valence-corrected chi connectivity index (χ1v) is 3.31. The summed E-state index contributed by atoms with van der Waals surface area (Å²) in [5.74, 6) is -3.90. The maximum atomic E-state index is 12.6. The van der Waals surface area contributed by atoms with Gasteiger partial charge in [0.25, 0.3) is 5.92 Å². The zero-order valence-corrected chi connectivity index (χ0v) is 6.76. The molecule has 11 heavy (non-hydrogen) atoms. The second-order valence-corrected chi connectivity index (χ2v) is 2.58. The molecular formula is C6H11ClF3N. The van der Waals surface area contributed by atoms with Gasteiger partial charge in [-0.25, -0.2) is 8.78 Å². The minimum absolute atomic E-state index is 0. The quantitative estimate of drug-likeness (QED) is 0.661. The van der Waals surface area contributed by atoms with E-state index in [1.165, 1.54) is 0 Å². The van der Waals surface area contributed by atoms with Crippen LogP contribution in [0.25, 0.3) is 0 Å². The van der Waals surface area contributed by atoms with Crippen LogP contribution in [-0.4, -0.2) is 25.7 Å². The Morgan fingerprint density at radius 1 is 1.45 bits per heavy atom. The van der Waals surface area contributed by atoms with Gasteiger partial charge >= 0.3 is 0 Å². The summed E-state index contributed by atoms with van der Waals surface area (Å²) in [6, 6.07) is 0. The fourth-order valence-corrected chi connectivity index (χ4v) is 1.08. The third-order valence-electron chi connectivity index (χ3n) is 1.81. The van der Waals surface area contributed by atoms with Crippen molar-refractivity contribution in [2.75, 3.05) is 19.8 Å². The van der Waals surface area contributed by atoms with Crippen molar-refractivity contribution in [3.63, 3.8) is 0 Å². The summed E-state index contributed by atoms with van der Waals surface area (Å²) in [6.45, 7) is -0.777. The Labute approximate surface area is 69.8 Å². The molecule has 1 nitrogen and oxygen atoms in total. The Bertz CT molecular complexity index is 120. The lowest BCUT2D eigenvalue weighted by Gasteiger charge is -2.29. The van der Waals surface area contributed by atoms with Gasteiger partial charge in [0.1, 0.15) is 0 Å². The van der Waals surface area contributed by atoms with E-state index >= 15 is 0 Å². The Balaban J connectivity index is 0.000001000. The van der Waals surface area contributed by atoms with Crippen LogP contribution in [0.15, 0.2) is 0 Å². The van der Waals surface area contributed by atoms with Gasteiger partial charge in [-0.05, 0) is 13.0 Å². The summed E-state index contributed by atoms with van der Waals surface area (Å²) in [4.78, 5) is 0. The summed E-state index contributed by atoms with van der Waals surface area (Å²) < 4.78 is 37.0. The van der Waals surface area contributed by atoms with Gasteiger partial charge in [0, 0.05) is 0 Å². The van der Waals surface area contributed by atoms with E-state index in [-0.39, 0.29) is 25.4 Å². The average molecular weight is 190 g/mol. The largest absolute Gasteiger partial charge is 0.311 e. The molecule has 0 aromatic carbocycles. The van der Waals surface area contributed by atoms with Gasteiger partial charge in [0.15, 0.2) is 0 Å². The smallest absolute Gasteiger partial charge is 0.265 e. The maximum absolute atomic E-state index is 12.6. The molecule has 1 atom stereocenters. The van der Waals surface area contributed by atoms with E-state index in [2.05, 4.69) is 5.32 Å². The minimum Gasteiger partial charge on any atom is -0.311 e. The third kappa shape index (κ3) is 2.52. The summed E-state index contributed by atoms with van der Waals surface area (Å²) >= 11 is 0. The molecule has 1 fully saturated rings. The molecule has 1 saturated heterocycles. The minimum atomic E-state index is -2.84. The molecule has 1 aliphatic rings. The van der Waals surface area contributed by atoms with Gasteiger partial charge in [-0.15, -0.1) is 12.4 Å². The average Bonchev–Trinajstić information content (AvgIpc) is 1.87. The molecule has 0 aromatic rings. The predicted octanol–water partition coefficient (Wildman–Crippen LogP) is 1.62. The zero-order valence-electron chi connectivity index (χ0n) is 5.95. The first kappa shape index (κ1) is 11.0. The molecule has 0 saturated carbocycles. The molecule has 0 aromatic heterocycles. The highest BCUT2D eigenvalue weighted by molar-refractivity contribution is 5.85. The molecule has 1 unspecified atom stereocenters. The lowest BCUT2D eigenvalue weighted by Crippen LogP contribution is -2.46. The van der Waals surface area contributed by atoms with Crippen LogP contribution in [0.3, 0.4) is 0 Å². The lowest BCUT2D eigenvalue weighted by molar-refractivity contribution is -0.0800. The monoisotopic (exact) mass is 189 g/mol. The Morgan fingerprint density at radius 2 is 2.09 bits per heavy atom. The Morgan fingerprint density at radius 3 is 2.45 bits per heavy atom. The zero-order chi connectivity index (χ0) is 7.61. The molecule has 1 N–H and O–H groups in total. The molecule has 0 aliphatic carbocycles. The topological polar surface area (TPSA) is 12.0 Å². The van der Waals surface area contributed by atoms with Gasteiger partial charge in [0.05, 0.1) is 19.1 Å². The van der Waals surface area contributed by atoms with Crippen molar-refractivity contribution in [2.45, 2.75) is 12.3 Å². The number of rotatable bonds is 1. The molecule has 0 bridgehead atoms. The fourth-order valence-electron chi connectivity index (χ4n) is 1.08. The predicted molar refractivity (Wildman–Crippen MR) is 39.1 cm³/mol. The van der Waals surface area contributed by atoms with E-state index in [0.717, 1.165) is 0 Å². The molecule has 5 heteroatoms. The molecule has 1 rings (SSSR count). The van der Waals surface area contributed by atoms with E-state index in [0.29, 0.717) is 6.54 Å². The number of nitrogens with one attached hydrogen (secondary N) is 1. The first-order valence-electron chi connectivity index (χ1n) is 3.31. The van der Waals surface area contributed by atoms with Crippen molar-refractivity contribution in [3.8, 4) is 0 Å². The van der Waals surface area contributed by atoms with Gasteiger partial charge in [-0.3, -0.25) is 4.39 Å². The van der Waals surface area contributed by atoms with Crippen molar-refractivity contribution in [3.05, 3.63) is 0 Å². The van der Waals surface area contributed by atoms with E-state index in [9.17, 15) is 13.2 Å². The molecule has 1 heterocycles. The van der Waals surface area contributed by atoms with Gasteiger partial charge in [-0.2, -0.15) is 0 Å². The van der Waals surface area contributed by atoms with Crippen LogP contribution in [0.5, 0.6) is 0 Å². The molecule has 68 valence electrons. The highest BCUT2D eigenvalue weighted by Gasteiger charge is 2.41. The maximum Gasteiger partial charge on any atom is 0.265 e. The van der Waals surface area contributed by atoms with Crippen LogP contribution < -0.4 is 5.32 Å². The normalized spacial score (nSPS) is 29.2. The lowest BCUT2D eigenvalue weighted by atomic mass is 9.96. The Hall–Kier alpha value is 0.0400. The Kier molecular flexibility index (Phi) is 4.18. The first-order chi connectivity index (χ1) is 4.67. The van der Waals surface area contributed by atoms with Gasteiger partial charge in [-0.1, -0.05) is 0 Å². The molecule has 0 amide bonds. The molecule has 0 spiro atoms. The van der Waals surface area contributed by atoms with Crippen molar-refractivity contribution in [1.82, 2.24) is 5.32 Å². The summed E-state index contributed by atoms with van der Waals surface area (Å²) in [7, 11) is 0. The second-order valence-electron chi connectivity index (χ2n) is 2.58. The summed E-state index contributed by atoms with van der Waals surface area (Å²) in [6.07, 6.45) is 0.240.